The molecule has 0 aliphatic carbocycles. The van der Waals surface area contributed by atoms with Crippen molar-refractivity contribution in [2.45, 2.75) is 12.5 Å². The lowest BCUT2D eigenvalue weighted by Gasteiger charge is -2.16. The van der Waals surface area contributed by atoms with Crippen LogP contribution >= 0.6 is 11.8 Å². The van der Waals surface area contributed by atoms with Crippen LogP contribution in [0.1, 0.15) is 6.42 Å². The highest BCUT2D eigenvalue weighted by Crippen LogP contribution is 2.18. The number of hydrogen-bond donors (Lipinski definition) is 2. The summed E-state index contributed by atoms with van der Waals surface area (Å²) < 4.78 is 5.45. The van der Waals surface area contributed by atoms with E-state index in [0.29, 0.717) is 11.6 Å². The van der Waals surface area contributed by atoms with E-state index in [-0.39, 0.29) is 25.2 Å². The fraction of sp³-hybridized carbons (Fsp3) is 0.467. The summed E-state index contributed by atoms with van der Waals surface area (Å²) in [5, 5.41) is 23.8. The molecule has 0 aliphatic rings. The lowest BCUT2D eigenvalue weighted by molar-refractivity contribution is -0.124. The van der Waals surface area contributed by atoms with Gasteiger partial charge in [0.1, 0.15) is 5.75 Å². The molecule has 1 aromatic heterocycles. The molecule has 8 nitrogen and oxygen atoms in total. The van der Waals surface area contributed by atoms with Crippen molar-refractivity contribution in [1.82, 2.24) is 25.5 Å². The molecule has 0 aliphatic heterocycles. The van der Waals surface area contributed by atoms with Gasteiger partial charge in [-0.3, -0.25) is 4.79 Å². The Morgan fingerprint density at radius 3 is 2.75 bits per heavy atom. The van der Waals surface area contributed by atoms with Gasteiger partial charge in [0.15, 0.2) is 6.61 Å². The minimum atomic E-state index is -0.255. The number of ether oxygens (including phenoxy) is 1. The zero-order valence-corrected chi connectivity index (χ0v) is 14.5. The smallest absolute Gasteiger partial charge is 0.258 e. The van der Waals surface area contributed by atoms with Crippen LogP contribution in [-0.4, -0.2) is 62.5 Å². The molecule has 0 spiro atoms. The standard InChI is InChI=1S/C15H21N5O3S/c1-20-18-15(17-19-20)11-3-5-13(6-4-11)23-10-14(22)16-12(9-21)7-8-24-2/h3-6,12,21H,7-10H2,1-2H3,(H,16,22). The van der Waals surface area contributed by atoms with Gasteiger partial charge in [-0.15, -0.1) is 10.2 Å². The molecule has 2 N–H and O–H groups in total. The molecule has 0 radical (unpaired) electrons. The largest absolute Gasteiger partial charge is 0.484 e. The summed E-state index contributed by atoms with van der Waals surface area (Å²) in [4.78, 5) is 13.2. The molecular weight excluding hydrogens is 330 g/mol. The zero-order chi connectivity index (χ0) is 17.4. The first kappa shape index (κ1) is 18.2. The Kier molecular flexibility index (Phi) is 7.01. The molecule has 2 rings (SSSR count). The Bertz CT molecular complexity index is 647. The van der Waals surface area contributed by atoms with Crippen molar-refractivity contribution >= 4 is 17.7 Å². The molecule has 1 atom stereocenters. The first-order valence-electron chi connectivity index (χ1n) is 7.48. The quantitative estimate of drug-likeness (QED) is 0.678. The molecule has 0 fully saturated rings. The fourth-order valence-corrected chi connectivity index (χ4v) is 2.51. The number of rotatable bonds is 9. The minimum Gasteiger partial charge on any atom is -0.484 e. The predicted molar refractivity (Wildman–Crippen MR) is 91.7 cm³/mol. The van der Waals surface area contributed by atoms with Crippen LogP contribution < -0.4 is 10.1 Å². The van der Waals surface area contributed by atoms with Gasteiger partial charge in [0.05, 0.1) is 19.7 Å². The van der Waals surface area contributed by atoms with Crippen LogP contribution in [0, 0.1) is 0 Å². The number of carbonyl (C=O) groups is 1. The van der Waals surface area contributed by atoms with Gasteiger partial charge < -0.3 is 15.2 Å². The number of carbonyl (C=O) groups excluding carboxylic acids is 1. The summed E-state index contributed by atoms with van der Waals surface area (Å²) in [6, 6.07) is 6.86. The number of benzene rings is 1. The number of hydrogen-bond acceptors (Lipinski definition) is 7. The first-order valence-corrected chi connectivity index (χ1v) is 8.88. The van der Waals surface area contributed by atoms with Crippen molar-refractivity contribution in [3.8, 4) is 17.1 Å². The number of aryl methyl sites for hydroxylation is 1. The minimum absolute atomic E-state index is 0.0773. The van der Waals surface area contributed by atoms with Crippen molar-refractivity contribution in [1.29, 1.82) is 0 Å². The van der Waals surface area contributed by atoms with Crippen molar-refractivity contribution in [2.24, 2.45) is 7.05 Å². The number of amides is 1. The average Bonchev–Trinajstić information content (AvgIpc) is 3.03. The molecule has 24 heavy (non-hydrogen) atoms. The molecular formula is C15H21N5O3S. The molecule has 1 heterocycles. The summed E-state index contributed by atoms with van der Waals surface area (Å²) >= 11 is 1.67. The van der Waals surface area contributed by atoms with E-state index >= 15 is 0 Å². The highest BCUT2D eigenvalue weighted by Gasteiger charge is 2.11. The molecule has 0 saturated carbocycles. The van der Waals surface area contributed by atoms with E-state index in [4.69, 9.17) is 4.74 Å². The summed E-state index contributed by atoms with van der Waals surface area (Å²) in [6.07, 6.45) is 2.71. The monoisotopic (exact) mass is 351 g/mol. The first-order chi connectivity index (χ1) is 11.6. The molecule has 1 amide bonds. The van der Waals surface area contributed by atoms with Gasteiger partial charge in [-0.1, -0.05) is 0 Å². The van der Waals surface area contributed by atoms with E-state index in [9.17, 15) is 9.90 Å². The van der Waals surface area contributed by atoms with Crippen molar-refractivity contribution in [2.75, 3.05) is 25.2 Å². The van der Waals surface area contributed by atoms with Crippen LogP contribution in [-0.2, 0) is 11.8 Å². The van der Waals surface area contributed by atoms with E-state index < -0.39 is 0 Å². The van der Waals surface area contributed by atoms with Crippen LogP contribution in [0.4, 0.5) is 0 Å². The van der Waals surface area contributed by atoms with Crippen molar-refractivity contribution in [3.63, 3.8) is 0 Å². The topological polar surface area (TPSA) is 102 Å². The Labute approximate surface area is 144 Å². The van der Waals surface area contributed by atoms with E-state index in [1.54, 1.807) is 43.1 Å². The van der Waals surface area contributed by atoms with Crippen LogP contribution in [0.15, 0.2) is 24.3 Å². The Hall–Kier alpha value is -2.13. The van der Waals surface area contributed by atoms with Crippen LogP contribution in [0.5, 0.6) is 5.75 Å². The summed E-state index contributed by atoms with van der Waals surface area (Å²) in [6.45, 7) is -0.176. The van der Waals surface area contributed by atoms with Gasteiger partial charge in [-0.2, -0.15) is 16.6 Å². The zero-order valence-electron chi connectivity index (χ0n) is 13.7. The molecule has 1 unspecified atom stereocenters. The van der Waals surface area contributed by atoms with Gasteiger partial charge >= 0.3 is 0 Å². The van der Waals surface area contributed by atoms with E-state index in [1.165, 1.54) is 4.80 Å². The van der Waals surface area contributed by atoms with Gasteiger partial charge in [0.2, 0.25) is 5.82 Å². The second-order valence-electron chi connectivity index (χ2n) is 5.14. The summed E-state index contributed by atoms with van der Waals surface area (Å²) in [5.74, 6) is 1.73. The van der Waals surface area contributed by atoms with Crippen LogP contribution in [0.25, 0.3) is 11.4 Å². The second kappa shape index (κ2) is 9.24. The normalized spacial score (nSPS) is 12.0. The average molecular weight is 351 g/mol. The third kappa shape index (κ3) is 5.50. The lowest BCUT2D eigenvalue weighted by atomic mass is 10.2. The highest BCUT2D eigenvalue weighted by molar-refractivity contribution is 7.98. The molecule has 9 heteroatoms. The van der Waals surface area contributed by atoms with Gasteiger partial charge in [-0.25, -0.2) is 0 Å². The molecule has 0 bridgehead atoms. The molecule has 130 valence electrons. The SMILES string of the molecule is CSCCC(CO)NC(=O)COc1ccc(-c2nnn(C)n2)cc1. The maximum Gasteiger partial charge on any atom is 0.258 e. The molecule has 1 aromatic carbocycles. The Morgan fingerprint density at radius 2 is 2.17 bits per heavy atom. The number of aliphatic hydroxyl groups is 1. The van der Waals surface area contributed by atoms with E-state index in [2.05, 4.69) is 20.7 Å². The molecule has 0 saturated heterocycles. The number of thioether (sulfide) groups is 1. The number of nitrogens with zero attached hydrogens (tertiary/aromatic N) is 4. The van der Waals surface area contributed by atoms with E-state index in [1.807, 2.05) is 6.26 Å². The lowest BCUT2D eigenvalue weighted by Crippen LogP contribution is -2.40. The maximum absolute atomic E-state index is 11.9. The van der Waals surface area contributed by atoms with Crippen molar-refractivity contribution < 1.29 is 14.6 Å². The van der Waals surface area contributed by atoms with Crippen LogP contribution in [0.2, 0.25) is 0 Å². The third-order valence-electron chi connectivity index (χ3n) is 3.25. The Morgan fingerprint density at radius 1 is 1.42 bits per heavy atom. The van der Waals surface area contributed by atoms with E-state index in [0.717, 1.165) is 17.7 Å². The highest BCUT2D eigenvalue weighted by atomic mass is 32.2. The molecule has 2 aromatic rings. The summed E-state index contributed by atoms with van der Waals surface area (Å²) in [5.41, 5.74) is 0.817. The van der Waals surface area contributed by atoms with Gasteiger partial charge in [-0.05, 0) is 47.9 Å². The summed E-state index contributed by atoms with van der Waals surface area (Å²) in [7, 11) is 1.70. The Balaban J connectivity index is 1.82. The number of tetrazole rings is 1. The third-order valence-corrected chi connectivity index (χ3v) is 3.89. The van der Waals surface area contributed by atoms with Crippen molar-refractivity contribution in [3.05, 3.63) is 24.3 Å². The predicted octanol–water partition coefficient (Wildman–Crippen LogP) is 0.486. The number of aromatic nitrogens is 4. The maximum atomic E-state index is 11.9. The number of nitrogens with one attached hydrogen (secondary N) is 1. The van der Waals surface area contributed by atoms with Gasteiger partial charge in [0, 0.05) is 5.56 Å². The van der Waals surface area contributed by atoms with Gasteiger partial charge in [0.25, 0.3) is 5.91 Å². The second-order valence-corrected chi connectivity index (χ2v) is 6.13. The fourth-order valence-electron chi connectivity index (χ4n) is 1.99. The number of aliphatic hydroxyl groups excluding tert-OH is 1. The van der Waals surface area contributed by atoms with Crippen LogP contribution in [0.3, 0.4) is 0 Å².